The molecule has 0 fully saturated rings. The Balaban J connectivity index is 1.78. The molecule has 1 heterocycles. The van der Waals surface area contributed by atoms with Crippen LogP contribution in [0.25, 0.3) is 0 Å². The lowest BCUT2D eigenvalue weighted by molar-refractivity contribution is -0.155. The lowest BCUT2D eigenvalue weighted by Gasteiger charge is -2.19. The van der Waals surface area contributed by atoms with Gasteiger partial charge in [-0.1, -0.05) is 77.0 Å². The van der Waals surface area contributed by atoms with Crippen molar-refractivity contribution in [1.29, 1.82) is 0 Å². The van der Waals surface area contributed by atoms with Crippen molar-refractivity contribution >= 4 is 23.7 Å². The quantitative estimate of drug-likeness (QED) is 0.135. The molecule has 0 bridgehead atoms. The molecule has 0 unspecified atom stereocenters. The van der Waals surface area contributed by atoms with Crippen molar-refractivity contribution in [3.8, 4) is 0 Å². The third-order valence-corrected chi connectivity index (χ3v) is 6.01. The molecule has 0 aromatic rings. The number of carbonyl (C=O) groups is 4. The summed E-state index contributed by atoms with van der Waals surface area (Å²) in [6.45, 7) is 6.26. The summed E-state index contributed by atoms with van der Waals surface area (Å²) in [5.74, 6) is -0.718. The molecule has 200 valence electrons. The van der Waals surface area contributed by atoms with Crippen LogP contribution < -0.4 is 5.32 Å². The molecule has 0 aromatic carbocycles. The molecule has 1 rings (SSSR count). The first-order valence-corrected chi connectivity index (χ1v) is 13.7. The number of unbranched alkanes of at least 4 members (excludes halogenated alkanes) is 13. The van der Waals surface area contributed by atoms with Crippen LogP contribution in [0.1, 0.15) is 124 Å². The largest absolute Gasteiger partial charge is 0.460 e. The van der Waals surface area contributed by atoms with Crippen LogP contribution in [-0.4, -0.2) is 47.3 Å². The number of hydrogen-bond acceptors (Lipinski definition) is 5. The van der Waals surface area contributed by atoms with E-state index in [2.05, 4.69) is 5.32 Å². The second kappa shape index (κ2) is 18.1. The van der Waals surface area contributed by atoms with Crippen molar-refractivity contribution in [2.45, 2.75) is 129 Å². The van der Waals surface area contributed by atoms with Gasteiger partial charge in [-0.25, -0.2) is 0 Å². The van der Waals surface area contributed by atoms with Crippen molar-refractivity contribution in [1.82, 2.24) is 10.2 Å². The third-order valence-electron chi connectivity index (χ3n) is 6.01. The third kappa shape index (κ3) is 17.0. The Bertz CT molecular complexity index is 663. The van der Waals surface area contributed by atoms with Crippen LogP contribution in [0.5, 0.6) is 0 Å². The minimum Gasteiger partial charge on any atom is -0.460 e. The maximum absolute atomic E-state index is 11.9. The molecule has 1 aliphatic heterocycles. The van der Waals surface area contributed by atoms with Gasteiger partial charge in [-0.2, -0.15) is 0 Å². The molecule has 0 aromatic heterocycles. The number of nitrogens with one attached hydrogen (secondary N) is 1. The second-order valence-corrected chi connectivity index (χ2v) is 10.5. The first kappa shape index (κ1) is 30.9. The molecule has 3 amide bonds. The van der Waals surface area contributed by atoms with Crippen LogP contribution in [0.2, 0.25) is 0 Å². The van der Waals surface area contributed by atoms with E-state index in [1.807, 2.05) is 20.8 Å². The average Bonchev–Trinajstić information content (AvgIpc) is 3.09. The number of imide groups is 1. The minimum atomic E-state index is -0.379. The Kier molecular flexibility index (Phi) is 16.0. The van der Waals surface area contributed by atoms with Crippen LogP contribution in [0.3, 0.4) is 0 Å². The van der Waals surface area contributed by atoms with Crippen LogP contribution in [0.15, 0.2) is 12.2 Å². The molecule has 7 nitrogen and oxygen atoms in total. The first-order valence-electron chi connectivity index (χ1n) is 13.7. The van der Waals surface area contributed by atoms with Gasteiger partial charge >= 0.3 is 5.97 Å². The van der Waals surface area contributed by atoms with Crippen LogP contribution in [0.4, 0.5) is 0 Å². The van der Waals surface area contributed by atoms with Gasteiger partial charge in [0.05, 0.1) is 0 Å². The Hall–Kier alpha value is -2.18. The predicted molar refractivity (Wildman–Crippen MR) is 139 cm³/mol. The van der Waals surface area contributed by atoms with E-state index in [0.29, 0.717) is 19.4 Å². The highest BCUT2D eigenvalue weighted by Gasteiger charge is 2.22. The van der Waals surface area contributed by atoms with Crippen LogP contribution >= 0.6 is 0 Å². The predicted octanol–water partition coefficient (Wildman–Crippen LogP) is 5.61. The standard InChI is InChI=1S/C28H48N2O5/c1-28(2,3)35-27(34)19-17-15-13-11-9-7-5-4-6-8-10-12-14-16-18-24(31)29-22-23-30-25(32)20-21-26(30)33/h20-21H,4-19,22-23H2,1-3H3,(H,29,31). The zero-order valence-electron chi connectivity index (χ0n) is 22.4. The number of ether oxygens (including phenoxy) is 1. The van der Waals surface area contributed by atoms with Gasteiger partial charge in [0, 0.05) is 38.1 Å². The van der Waals surface area contributed by atoms with E-state index >= 15 is 0 Å². The zero-order chi connectivity index (χ0) is 25.9. The molecule has 7 heteroatoms. The summed E-state index contributed by atoms with van der Waals surface area (Å²) < 4.78 is 5.32. The molecular weight excluding hydrogens is 444 g/mol. The van der Waals surface area contributed by atoms with Gasteiger partial charge in [0.15, 0.2) is 0 Å². The summed E-state index contributed by atoms with van der Waals surface area (Å²) >= 11 is 0. The monoisotopic (exact) mass is 492 g/mol. The maximum Gasteiger partial charge on any atom is 0.306 e. The fraction of sp³-hybridized carbons (Fsp3) is 0.786. The molecule has 1 N–H and O–H groups in total. The van der Waals surface area contributed by atoms with E-state index in [4.69, 9.17) is 4.74 Å². The van der Waals surface area contributed by atoms with Crippen LogP contribution in [0, 0.1) is 0 Å². The van der Waals surface area contributed by atoms with E-state index in [1.54, 1.807) is 0 Å². The number of esters is 1. The van der Waals surface area contributed by atoms with Crippen LogP contribution in [-0.2, 0) is 23.9 Å². The summed E-state index contributed by atoms with van der Waals surface area (Å²) in [5, 5.41) is 2.78. The SMILES string of the molecule is CC(C)(C)OC(=O)CCCCCCCCCCCCCCCCC(=O)NCCN1C(=O)C=CC1=O. The van der Waals surface area contributed by atoms with Crippen molar-refractivity contribution in [2.24, 2.45) is 0 Å². The summed E-state index contributed by atoms with van der Waals surface area (Å²) in [4.78, 5) is 47.5. The fourth-order valence-electron chi connectivity index (χ4n) is 4.12. The molecule has 0 atom stereocenters. The Morgan fingerprint density at radius 2 is 1.11 bits per heavy atom. The number of nitrogens with zero attached hydrogens (tertiary/aromatic N) is 1. The molecule has 1 aliphatic rings. The highest BCUT2D eigenvalue weighted by atomic mass is 16.6. The van der Waals surface area contributed by atoms with Crippen molar-refractivity contribution < 1.29 is 23.9 Å². The Morgan fingerprint density at radius 3 is 1.54 bits per heavy atom. The molecule has 0 aliphatic carbocycles. The summed E-state index contributed by atoms with van der Waals surface area (Å²) in [5.41, 5.74) is -0.379. The Morgan fingerprint density at radius 1 is 0.714 bits per heavy atom. The number of rotatable bonds is 20. The van der Waals surface area contributed by atoms with E-state index in [1.165, 1.54) is 76.4 Å². The van der Waals surface area contributed by atoms with Gasteiger partial charge in [-0.05, 0) is 33.6 Å². The molecule has 0 spiro atoms. The molecule has 0 saturated carbocycles. The summed E-state index contributed by atoms with van der Waals surface area (Å²) in [6, 6.07) is 0. The fourth-order valence-corrected chi connectivity index (χ4v) is 4.12. The lowest BCUT2D eigenvalue weighted by atomic mass is 10.0. The second-order valence-electron chi connectivity index (χ2n) is 10.5. The van der Waals surface area contributed by atoms with Crippen molar-refractivity contribution in [2.75, 3.05) is 13.1 Å². The van der Waals surface area contributed by atoms with Gasteiger partial charge in [0.2, 0.25) is 5.91 Å². The minimum absolute atomic E-state index is 0.0138. The highest BCUT2D eigenvalue weighted by molar-refractivity contribution is 6.12. The lowest BCUT2D eigenvalue weighted by Crippen LogP contribution is -2.38. The highest BCUT2D eigenvalue weighted by Crippen LogP contribution is 2.15. The number of amides is 3. The van der Waals surface area contributed by atoms with Gasteiger partial charge in [0.1, 0.15) is 5.60 Å². The average molecular weight is 493 g/mol. The molecule has 0 radical (unpaired) electrons. The Labute approximate surface area is 212 Å². The van der Waals surface area contributed by atoms with Gasteiger partial charge in [-0.15, -0.1) is 0 Å². The van der Waals surface area contributed by atoms with Crippen molar-refractivity contribution in [3.05, 3.63) is 12.2 Å². The van der Waals surface area contributed by atoms with E-state index in [9.17, 15) is 19.2 Å². The molecule has 0 saturated heterocycles. The normalized spacial score (nSPS) is 13.5. The smallest absolute Gasteiger partial charge is 0.306 e. The van der Waals surface area contributed by atoms with E-state index in [-0.39, 0.29) is 35.8 Å². The zero-order valence-corrected chi connectivity index (χ0v) is 22.4. The number of hydrogen-bond donors (Lipinski definition) is 1. The molecule has 35 heavy (non-hydrogen) atoms. The number of carbonyl (C=O) groups excluding carboxylic acids is 4. The van der Waals surface area contributed by atoms with E-state index in [0.717, 1.165) is 30.6 Å². The van der Waals surface area contributed by atoms with Gasteiger partial charge in [-0.3, -0.25) is 24.1 Å². The van der Waals surface area contributed by atoms with Gasteiger partial charge < -0.3 is 10.1 Å². The van der Waals surface area contributed by atoms with E-state index < -0.39 is 0 Å². The topological polar surface area (TPSA) is 92.8 Å². The summed E-state index contributed by atoms with van der Waals surface area (Å²) in [7, 11) is 0. The van der Waals surface area contributed by atoms with Gasteiger partial charge in [0.25, 0.3) is 11.8 Å². The first-order chi connectivity index (χ1) is 16.7. The molecular formula is C28H48N2O5. The van der Waals surface area contributed by atoms with Crippen molar-refractivity contribution in [3.63, 3.8) is 0 Å². The summed E-state index contributed by atoms with van der Waals surface area (Å²) in [6.07, 6.45) is 20.1. The maximum atomic E-state index is 11.9.